The molecule has 0 radical (unpaired) electrons. The Labute approximate surface area is 151 Å². The van der Waals surface area contributed by atoms with Gasteiger partial charge in [0.25, 0.3) is 11.8 Å². The zero-order valence-electron chi connectivity index (χ0n) is 14.4. The molecule has 0 aromatic heterocycles. The summed E-state index contributed by atoms with van der Waals surface area (Å²) < 4.78 is 10.5. The van der Waals surface area contributed by atoms with E-state index >= 15 is 0 Å². The first kappa shape index (κ1) is 18.6. The largest absolute Gasteiger partial charge is 0.493 e. The lowest BCUT2D eigenvalue weighted by atomic mass is 10.1. The Morgan fingerprint density at radius 2 is 1.56 bits per heavy atom. The third-order valence-electron chi connectivity index (χ3n) is 3.51. The third-order valence-corrected chi connectivity index (χ3v) is 3.77. The second-order valence-corrected chi connectivity index (χ2v) is 5.85. The number of nitrogens with zero attached hydrogens (tertiary/aromatic N) is 1. The number of rotatable bonds is 5. The van der Waals surface area contributed by atoms with Gasteiger partial charge in [-0.15, -0.1) is 0 Å². The summed E-state index contributed by atoms with van der Waals surface area (Å²) >= 11 is 5.84. The van der Waals surface area contributed by atoms with Crippen LogP contribution in [-0.2, 0) is 0 Å². The van der Waals surface area contributed by atoms with E-state index in [1.807, 2.05) is 0 Å². The lowest BCUT2D eigenvalue weighted by molar-refractivity contribution is 0.0828. The fourth-order valence-corrected chi connectivity index (χ4v) is 2.32. The van der Waals surface area contributed by atoms with E-state index < -0.39 is 0 Å². The third kappa shape index (κ3) is 4.22. The van der Waals surface area contributed by atoms with E-state index in [0.717, 1.165) is 0 Å². The lowest BCUT2D eigenvalue weighted by Gasteiger charge is -2.18. The molecule has 0 aliphatic rings. The van der Waals surface area contributed by atoms with Crippen molar-refractivity contribution in [1.82, 2.24) is 4.90 Å². The summed E-state index contributed by atoms with van der Waals surface area (Å²) in [5.74, 6) is 0.172. The molecule has 2 rings (SSSR count). The van der Waals surface area contributed by atoms with Crippen molar-refractivity contribution < 1.29 is 19.1 Å². The number of carbonyl (C=O) groups excluding carboxylic acids is 2. The number of amides is 2. The molecule has 6 nitrogen and oxygen atoms in total. The number of hydrogen-bond donors (Lipinski definition) is 1. The molecule has 7 heteroatoms. The minimum atomic E-state index is -0.364. The molecule has 2 amide bonds. The predicted octanol–water partition coefficient (Wildman–Crippen LogP) is 3.31. The summed E-state index contributed by atoms with van der Waals surface area (Å²) in [5, 5.41) is 3.28. The molecule has 2 aromatic carbocycles. The maximum Gasteiger partial charge on any atom is 0.255 e. The van der Waals surface area contributed by atoms with Crippen LogP contribution in [-0.4, -0.2) is 45.0 Å². The average molecular weight is 363 g/mol. The first-order valence-corrected chi connectivity index (χ1v) is 7.79. The number of hydrogen-bond acceptors (Lipinski definition) is 4. The monoisotopic (exact) mass is 362 g/mol. The Morgan fingerprint density at radius 1 is 1.00 bits per heavy atom. The van der Waals surface area contributed by atoms with Gasteiger partial charge < -0.3 is 19.7 Å². The number of benzene rings is 2. The SMILES string of the molecule is COc1cc(NC(=O)c2ccc(Cl)cc2)c(C(=O)N(C)C)cc1OC. The summed E-state index contributed by atoms with van der Waals surface area (Å²) in [6.45, 7) is 0. The van der Waals surface area contributed by atoms with Crippen LogP contribution in [0, 0.1) is 0 Å². The zero-order valence-corrected chi connectivity index (χ0v) is 15.2. The first-order valence-electron chi connectivity index (χ1n) is 7.42. The van der Waals surface area contributed by atoms with Crippen LogP contribution in [0.4, 0.5) is 5.69 Å². The van der Waals surface area contributed by atoms with Crippen LogP contribution in [0.2, 0.25) is 5.02 Å². The molecule has 25 heavy (non-hydrogen) atoms. The van der Waals surface area contributed by atoms with Gasteiger partial charge in [0.05, 0.1) is 25.5 Å². The standard InChI is InChI=1S/C18H19ClN2O4/c1-21(2)18(23)13-9-15(24-3)16(25-4)10-14(13)20-17(22)11-5-7-12(19)8-6-11/h5-10H,1-4H3,(H,20,22). The zero-order chi connectivity index (χ0) is 18.6. The molecule has 0 atom stereocenters. The van der Waals surface area contributed by atoms with Crippen molar-refractivity contribution in [2.24, 2.45) is 0 Å². The minimum Gasteiger partial charge on any atom is -0.493 e. The summed E-state index contributed by atoms with van der Waals surface area (Å²) in [4.78, 5) is 26.3. The van der Waals surface area contributed by atoms with Gasteiger partial charge in [0.1, 0.15) is 0 Å². The molecule has 2 aromatic rings. The summed E-state index contributed by atoms with van der Waals surface area (Å²) in [6, 6.07) is 9.55. The Balaban J connectivity index is 2.45. The van der Waals surface area contributed by atoms with E-state index in [9.17, 15) is 9.59 Å². The molecule has 0 saturated carbocycles. The van der Waals surface area contributed by atoms with Crippen LogP contribution in [0.1, 0.15) is 20.7 Å². The van der Waals surface area contributed by atoms with E-state index in [1.165, 1.54) is 19.1 Å². The number of methoxy groups -OCH3 is 2. The van der Waals surface area contributed by atoms with Crippen molar-refractivity contribution in [3.05, 3.63) is 52.5 Å². The summed E-state index contributed by atoms with van der Waals surface area (Å²) in [5.41, 5.74) is 1.05. The lowest BCUT2D eigenvalue weighted by Crippen LogP contribution is -2.24. The molecule has 0 bridgehead atoms. The fourth-order valence-electron chi connectivity index (χ4n) is 2.20. The van der Waals surface area contributed by atoms with Crippen LogP contribution >= 0.6 is 11.6 Å². The van der Waals surface area contributed by atoms with Gasteiger partial charge in [0.2, 0.25) is 0 Å². The van der Waals surface area contributed by atoms with Crippen LogP contribution < -0.4 is 14.8 Å². The van der Waals surface area contributed by atoms with Crippen molar-refractivity contribution in [3.8, 4) is 11.5 Å². The van der Waals surface area contributed by atoms with Crippen molar-refractivity contribution in [1.29, 1.82) is 0 Å². The van der Waals surface area contributed by atoms with Crippen molar-refractivity contribution in [3.63, 3.8) is 0 Å². The van der Waals surface area contributed by atoms with E-state index in [0.29, 0.717) is 33.3 Å². The van der Waals surface area contributed by atoms with Crippen LogP contribution in [0.3, 0.4) is 0 Å². The normalized spacial score (nSPS) is 10.1. The number of carbonyl (C=O) groups is 2. The van der Waals surface area contributed by atoms with Gasteiger partial charge in [-0.25, -0.2) is 0 Å². The maximum absolute atomic E-state index is 12.5. The number of nitrogens with one attached hydrogen (secondary N) is 1. The van der Waals surface area contributed by atoms with Gasteiger partial charge in [-0.05, 0) is 30.3 Å². The van der Waals surface area contributed by atoms with E-state index in [4.69, 9.17) is 21.1 Å². The maximum atomic E-state index is 12.5. The first-order chi connectivity index (χ1) is 11.9. The Kier molecular flexibility index (Phi) is 5.88. The van der Waals surface area contributed by atoms with E-state index in [2.05, 4.69) is 5.32 Å². The molecule has 0 fully saturated rings. The highest BCUT2D eigenvalue weighted by Gasteiger charge is 2.20. The molecule has 0 spiro atoms. The topological polar surface area (TPSA) is 67.9 Å². The molecule has 0 heterocycles. The number of halogens is 1. The van der Waals surface area contributed by atoms with E-state index in [-0.39, 0.29) is 11.8 Å². The van der Waals surface area contributed by atoms with Crippen LogP contribution in [0.25, 0.3) is 0 Å². The second-order valence-electron chi connectivity index (χ2n) is 5.41. The predicted molar refractivity (Wildman–Crippen MR) is 97.0 cm³/mol. The molecular formula is C18H19ClN2O4. The summed E-state index contributed by atoms with van der Waals surface area (Å²) in [6.07, 6.45) is 0. The van der Waals surface area contributed by atoms with Gasteiger partial charge in [0, 0.05) is 30.7 Å². The highest BCUT2D eigenvalue weighted by molar-refractivity contribution is 6.30. The number of ether oxygens (including phenoxy) is 2. The highest BCUT2D eigenvalue weighted by Crippen LogP contribution is 2.34. The summed E-state index contributed by atoms with van der Waals surface area (Å²) in [7, 11) is 6.22. The van der Waals surface area contributed by atoms with E-state index in [1.54, 1.807) is 50.5 Å². The molecular weight excluding hydrogens is 344 g/mol. The smallest absolute Gasteiger partial charge is 0.255 e. The van der Waals surface area contributed by atoms with Gasteiger partial charge in [-0.3, -0.25) is 9.59 Å². The van der Waals surface area contributed by atoms with Crippen molar-refractivity contribution in [2.75, 3.05) is 33.6 Å². The Morgan fingerprint density at radius 3 is 2.08 bits per heavy atom. The molecule has 0 aliphatic heterocycles. The van der Waals surface area contributed by atoms with Gasteiger partial charge >= 0.3 is 0 Å². The highest BCUT2D eigenvalue weighted by atomic mass is 35.5. The molecule has 1 N–H and O–H groups in total. The van der Waals surface area contributed by atoms with Gasteiger partial charge in [-0.1, -0.05) is 11.6 Å². The minimum absolute atomic E-state index is 0.271. The quantitative estimate of drug-likeness (QED) is 0.886. The molecule has 132 valence electrons. The molecule has 0 saturated heterocycles. The van der Waals surface area contributed by atoms with Crippen LogP contribution in [0.15, 0.2) is 36.4 Å². The number of anilines is 1. The molecule has 0 aliphatic carbocycles. The molecule has 0 unspecified atom stereocenters. The van der Waals surface area contributed by atoms with Crippen molar-refractivity contribution >= 4 is 29.1 Å². The van der Waals surface area contributed by atoms with Crippen LogP contribution in [0.5, 0.6) is 11.5 Å². The second kappa shape index (κ2) is 7.90. The van der Waals surface area contributed by atoms with Crippen molar-refractivity contribution in [2.45, 2.75) is 0 Å². The fraction of sp³-hybridized carbons (Fsp3) is 0.222. The van der Waals surface area contributed by atoms with Gasteiger partial charge in [0.15, 0.2) is 11.5 Å². The average Bonchev–Trinajstić information content (AvgIpc) is 2.61. The Bertz CT molecular complexity index is 788. The Hall–Kier alpha value is -2.73. The van der Waals surface area contributed by atoms with Gasteiger partial charge in [-0.2, -0.15) is 0 Å².